The summed E-state index contributed by atoms with van der Waals surface area (Å²) in [4.78, 5) is 22.4. The molecule has 1 aliphatic carbocycles. The van der Waals surface area contributed by atoms with Gasteiger partial charge in [-0.1, -0.05) is 0 Å². The smallest absolute Gasteiger partial charge is 0.316 e. The fraction of sp³-hybridized carbons (Fsp3) is 0.857. The van der Waals surface area contributed by atoms with Gasteiger partial charge in [-0.25, -0.2) is 0 Å². The number of thioether (sulfide) groups is 1. The third kappa shape index (κ3) is 6.13. The number of aliphatic hydroxyl groups is 1. The summed E-state index contributed by atoms with van der Waals surface area (Å²) >= 11 is 1.35. The lowest BCUT2D eigenvalue weighted by molar-refractivity contribution is -0.151. The van der Waals surface area contributed by atoms with Crippen LogP contribution in [0.25, 0.3) is 0 Å². The molecule has 0 aromatic heterocycles. The number of carboxylic acid groups (broad SMARTS) is 1. The predicted octanol–water partition coefficient (Wildman–Crippen LogP) is 2.07. The minimum Gasteiger partial charge on any atom is -0.481 e. The van der Waals surface area contributed by atoms with Gasteiger partial charge in [-0.2, -0.15) is 0 Å². The lowest BCUT2D eigenvalue weighted by Gasteiger charge is -2.34. The van der Waals surface area contributed by atoms with Crippen molar-refractivity contribution in [2.24, 2.45) is 5.92 Å². The highest BCUT2D eigenvalue weighted by Crippen LogP contribution is 2.34. The van der Waals surface area contributed by atoms with Gasteiger partial charge in [-0.3, -0.25) is 9.59 Å². The number of aliphatic carboxylic acids is 1. The predicted molar refractivity (Wildman–Crippen MR) is 77.7 cm³/mol. The first-order valence-electron chi connectivity index (χ1n) is 6.86. The first-order valence-corrected chi connectivity index (χ1v) is 8.02. The fourth-order valence-electron chi connectivity index (χ4n) is 2.24. The van der Waals surface area contributed by atoms with Gasteiger partial charge in [0, 0.05) is 5.75 Å². The number of hydrogen-bond acceptors (Lipinski definition) is 5. The normalized spacial score (nSPS) is 27.1. The van der Waals surface area contributed by atoms with Crippen molar-refractivity contribution in [1.29, 1.82) is 0 Å². The second-order valence-corrected chi connectivity index (χ2v) is 7.40. The summed E-state index contributed by atoms with van der Waals surface area (Å²) in [6, 6.07) is 0. The van der Waals surface area contributed by atoms with Crippen LogP contribution >= 0.6 is 11.8 Å². The minimum atomic E-state index is -0.849. The number of carbonyl (C=O) groups excluding carboxylic acids is 1. The van der Waals surface area contributed by atoms with Crippen LogP contribution in [0.1, 0.15) is 46.5 Å². The third-order valence-corrected chi connectivity index (χ3v) is 4.46. The van der Waals surface area contributed by atoms with Crippen molar-refractivity contribution in [3.05, 3.63) is 0 Å². The van der Waals surface area contributed by atoms with Crippen LogP contribution in [0.3, 0.4) is 0 Å². The van der Waals surface area contributed by atoms with Gasteiger partial charge in [-0.05, 0) is 46.5 Å². The molecule has 1 aliphatic rings. The number of rotatable bonds is 5. The van der Waals surface area contributed by atoms with E-state index >= 15 is 0 Å². The molecule has 6 heteroatoms. The first kappa shape index (κ1) is 17.3. The SMILES string of the molecule is CC(C)(C)OC(=O)CSCC1(O)CCC(C(=O)O)CC1. The molecule has 0 unspecified atom stereocenters. The summed E-state index contributed by atoms with van der Waals surface area (Å²) in [5.41, 5.74) is -1.34. The molecule has 0 aromatic rings. The third-order valence-electron chi connectivity index (χ3n) is 3.28. The maximum Gasteiger partial charge on any atom is 0.316 e. The van der Waals surface area contributed by atoms with Crippen LogP contribution in [0.15, 0.2) is 0 Å². The molecule has 1 saturated carbocycles. The van der Waals surface area contributed by atoms with Crippen molar-refractivity contribution < 1.29 is 24.5 Å². The van der Waals surface area contributed by atoms with Crippen molar-refractivity contribution in [1.82, 2.24) is 0 Å². The van der Waals surface area contributed by atoms with E-state index in [1.807, 2.05) is 20.8 Å². The zero-order valence-corrected chi connectivity index (χ0v) is 13.2. The van der Waals surface area contributed by atoms with Crippen molar-refractivity contribution in [3.8, 4) is 0 Å². The zero-order chi connectivity index (χ0) is 15.4. The van der Waals surface area contributed by atoms with E-state index < -0.39 is 17.2 Å². The molecule has 116 valence electrons. The van der Waals surface area contributed by atoms with Crippen molar-refractivity contribution in [3.63, 3.8) is 0 Å². The molecule has 0 aromatic carbocycles. The van der Waals surface area contributed by atoms with Crippen LogP contribution in [-0.2, 0) is 14.3 Å². The number of esters is 1. The van der Waals surface area contributed by atoms with Gasteiger partial charge < -0.3 is 14.9 Å². The van der Waals surface area contributed by atoms with E-state index in [0.717, 1.165) is 0 Å². The number of hydrogen-bond donors (Lipinski definition) is 2. The number of carboxylic acids is 1. The molecule has 2 N–H and O–H groups in total. The Morgan fingerprint density at radius 1 is 1.30 bits per heavy atom. The van der Waals surface area contributed by atoms with Crippen LogP contribution in [0, 0.1) is 5.92 Å². The molecule has 1 fully saturated rings. The maximum absolute atomic E-state index is 11.5. The van der Waals surface area contributed by atoms with Crippen molar-refractivity contribution in [2.75, 3.05) is 11.5 Å². The lowest BCUT2D eigenvalue weighted by Crippen LogP contribution is -2.38. The van der Waals surface area contributed by atoms with Crippen LogP contribution in [0.2, 0.25) is 0 Å². The van der Waals surface area contributed by atoms with E-state index in [0.29, 0.717) is 31.4 Å². The van der Waals surface area contributed by atoms with E-state index in [1.165, 1.54) is 11.8 Å². The van der Waals surface area contributed by atoms with Crippen LogP contribution in [0.5, 0.6) is 0 Å². The molecule has 0 atom stereocenters. The Morgan fingerprint density at radius 2 is 1.85 bits per heavy atom. The molecule has 0 saturated heterocycles. The molecule has 0 radical (unpaired) electrons. The van der Waals surface area contributed by atoms with E-state index in [2.05, 4.69) is 0 Å². The fourth-order valence-corrected chi connectivity index (χ4v) is 3.24. The van der Waals surface area contributed by atoms with E-state index in [1.54, 1.807) is 0 Å². The average molecular weight is 304 g/mol. The topological polar surface area (TPSA) is 83.8 Å². The van der Waals surface area contributed by atoms with Crippen molar-refractivity contribution >= 4 is 23.7 Å². The number of carbonyl (C=O) groups is 2. The van der Waals surface area contributed by atoms with E-state index in [9.17, 15) is 14.7 Å². The highest BCUT2D eigenvalue weighted by atomic mass is 32.2. The summed E-state index contributed by atoms with van der Waals surface area (Å²) in [5.74, 6) is -0.759. The molecule has 20 heavy (non-hydrogen) atoms. The molecule has 0 aliphatic heterocycles. The molecule has 5 nitrogen and oxygen atoms in total. The van der Waals surface area contributed by atoms with Crippen LogP contribution in [-0.4, -0.2) is 44.9 Å². The Morgan fingerprint density at radius 3 is 2.30 bits per heavy atom. The Kier molecular flexibility index (Phi) is 5.89. The summed E-state index contributed by atoms with van der Waals surface area (Å²) in [6.07, 6.45) is 1.95. The van der Waals surface area contributed by atoms with Gasteiger partial charge in [0.25, 0.3) is 0 Å². The molecule has 0 spiro atoms. The van der Waals surface area contributed by atoms with Crippen LogP contribution < -0.4 is 0 Å². The van der Waals surface area contributed by atoms with Gasteiger partial charge in [0.15, 0.2) is 0 Å². The second kappa shape index (κ2) is 6.80. The summed E-state index contributed by atoms with van der Waals surface area (Å²) < 4.78 is 5.19. The Hall–Kier alpha value is -0.750. The molecular formula is C14H24O5S. The summed E-state index contributed by atoms with van der Waals surface area (Å²) in [5, 5.41) is 19.3. The molecule has 0 amide bonds. The summed E-state index contributed by atoms with van der Waals surface area (Å²) in [6.45, 7) is 5.45. The first-order chi connectivity index (χ1) is 9.11. The van der Waals surface area contributed by atoms with Crippen molar-refractivity contribution in [2.45, 2.75) is 57.7 Å². The monoisotopic (exact) mass is 304 g/mol. The molecule has 0 heterocycles. The van der Waals surface area contributed by atoms with Gasteiger partial charge in [0.1, 0.15) is 5.60 Å². The minimum absolute atomic E-state index is 0.210. The maximum atomic E-state index is 11.5. The second-order valence-electron chi connectivity index (χ2n) is 6.42. The van der Waals surface area contributed by atoms with Gasteiger partial charge in [0.05, 0.1) is 17.3 Å². The highest BCUT2D eigenvalue weighted by Gasteiger charge is 2.35. The van der Waals surface area contributed by atoms with E-state index in [-0.39, 0.29) is 17.6 Å². The van der Waals surface area contributed by atoms with Crippen LogP contribution in [0.4, 0.5) is 0 Å². The Balaban J connectivity index is 2.28. The van der Waals surface area contributed by atoms with Gasteiger partial charge in [0.2, 0.25) is 0 Å². The molecule has 0 bridgehead atoms. The average Bonchev–Trinajstić information content (AvgIpc) is 2.26. The van der Waals surface area contributed by atoms with Gasteiger partial charge in [-0.15, -0.1) is 11.8 Å². The van der Waals surface area contributed by atoms with Gasteiger partial charge >= 0.3 is 11.9 Å². The zero-order valence-electron chi connectivity index (χ0n) is 12.3. The molecule has 1 rings (SSSR count). The highest BCUT2D eigenvalue weighted by molar-refractivity contribution is 8.00. The quantitative estimate of drug-likeness (QED) is 0.756. The standard InChI is InChI=1S/C14H24O5S/c1-13(2,3)19-11(15)8-20-9-14(18)6-4-10(5-7-14)12(16)17/h10,18H,4-9H2,1-3H3,(H,16,17). The summed E-state index contributed by atoms with van der Waals surface area (Å²) in [7, 11) is 0. The molecular weight excluding hydrogens is 280 g/mol. The largest absolute Gasteiger partial charge is 0.481 e. The lowest BCUT2D eigenvalue weighted by atomic mass is 9.80. The Bertz CT molecular complexity index is 353. The van der Waals surface area contributed by atoms with E-state index in [4.69, 9.17) is 9.84 Å². The Labute approximate surface area is 124 Å². The number of ether oxygens (including phenoxy) is 1.